The molecular weight excluding hydrogens is 272 g/mol. The van der Waals surface area contributed by atoms with Gasteiger partial charge >= 0.3 is 5.97 Å². The summed E-state index contributed by atoms with van der Waals surface area (Å²) in [6, 6.07) is 10.6. The Morgan fingerprint density at radius 1 is 1.48 bits per heavy atom. The van der Waals surface area contributed by atoms with E-state index in [0.29, 0.717) is 0 Å². The van der Waals surface area contributed by atoms with Gasteiger partial charge in [-0.25, -0.2) is 4.79 Å². The molecule has 21 heavy (non-hydrogen) atoms. The predicted octanol–water partition coefficient (Wildman–Crippen LogP) is 1.01. The third-order valence-electron chi connectivity index (χ3n) is 3.07. The van der Waals surface area contributed by atoms with Gasteiger partial charge in [-0.3, -0.25) is 0 Å². The summed E-state index contributed by atoms with van der Waals surface area (Å²) in [5.74, 6) is -0.697. The maximum Gasteiger partial charge on any atom is 0.354 e. The first kappa shape index (κ1) is 14.9. The second-order valence-corrected chi connectivity index (χ2v) is 4.42. The number of nitriles is 1. The average molecular weight is 288 g/mol. The van der Waals surface area contributed by atoms with Crippen molar-refractivity contribution in [2.24, 2.45) is 0 Å². The lowest BCUT2D eigenvalue weighted by Crippen LogP contribution is -2.29. The van der Waals surface area contributed by atoms with Crippen LogP contribution >= 0.6 is 0 Å². The molecule has 0 saturated carbocycles. The Bertz CT molecular complexity index is 577. The van der Waals surface area contributed by atoms with Crippen LogP contribution in [-0.2, 0) is 14.3 Å². The Hall–Kier alpha value is -2.52. The first-order valence-corrected chi connectivity index (χ1v) is 6.61. The fourth-order valence-corrected chi connectivity index (χ4v) is 2.10. The van der Waals surface area contributed by atoms with Crippen LogP contribution in [0.4, 0.5) is 0 Å². The molecule has 1 aliphatic rings. The van der Waals surface area contributed by atoms with Crippen LogP contribution in [-0.4, -0.2) is 30.3 Å². The lowest BCUT2D eigenvalue weighted by Gasteiger charge is -2.15. The van der Waals surface area contributed by atoms with Crippen molar-refractivity contribution < 1.29 is 19.4 Å². The van der Waals surface area contributed by atoms with Crippen molar-refractivity contribution in [3.8, 4) is 6.07 Å². The quantitative estimate of drug-likeness (QED) is 0.488. The predicted molar refractivity (Wildman–Crippen MR) is 73.5 cm³/mol. The molecule has 0 bridgehead atoms. The van der Waals surface area contributed by atoms with E-state index in [0.717, 1.165) is 5.56 Å². The van der Waals surface area contributed by atoms with Gasteiger partial charge in [0.1, 0.15) is 12.2 Å². The zero-order chi connectivity index (χ0) is 15.2. The second-order valence-electron chi connectivity index (χ2n) is 4.42. The molecule has 0 aliphatic carbocycles. The number of nitrogens with one attached hydrogen (secondary N) is 1. The Morgan fingerprint density at radius 3 is 2.76 bits per heavy atom. The highest BCUT2D eigenvalue weighted by atomic mass is 16.5. The van der Waals surface area contributed by atoms with E-state index in [1.165, 1.54) is 0 Å². The minimum atomic E-state index is -0.743. The summed E-state index contributed by atoms with van der Waals surface area (Å²) in [5.41, 5.74) is 0.619. The summed E-state index contributed by atoms with van der Waals surface area (Å²) >= 11 is 0. The van der Waals surface area contributed by atoms with Crippen molar-refractivity contribution >= 4 is 5.97 Å². The number of carbonyl (C=O) groups is 1. The monoisotopic (exact) mass is 288 g/mol. The van der Waals surface area contributed by atoms with Crippen molar-refractivity contribution in [2.75, 3.05) is 13.2 Å². The molecule has 2 N–H and O–H groups in total. The topological polar surface area (TPSA) is 91.6 Å². The van der Waals surface area contributed by atoms with Gasteiger partial charge < -0.3 is 19.9 Å². The number of aliphatic hydroxyl groups excluding tert-OH is 1. The van der Waals surface area contributed by atoms with Gasteiger partial charge in [0, 0.05) is 0 Å². The van der Waals surface area contributed by atoms with Crippen LogP contribution in [0.1, 0.15) is 18.6 Å². The van der Waals surface area contributed by atoms with Gasteiger partial charge in [-0.2, -0.15) is 5.26 Å². The maximum atomic E-state index is 11.7. The molecule has 2 rings (SSSR count). The van der Waals surface area contributed by atoms with E-state index in [-0.39, 0.29) is 24.7 Å². The van der Waals surface area contributed by atoms with E-state index < -0.39 is 18.1 Å². The molecule has 1 aromatic carbocycles. The number of ether oxygens (including phenoxy) is 2. The molecule has 0 aromatic heterocycles. The van der Waals surface area contributed by atoms with Gasteiger partial charge in [-0.05, 0) is 12.5 Å². The molecule has 0 amide bonds. The smallest absolute Gasteiger partial charge is 0.354 e. The number of aliphatic hydroxyl groups is 1. The Labute approximate surface area is 122 Å². The molecular formula is C15H16N2O4. The Balaban J connectivity index is 2.29. The third kappa shape index (κ3) is 3.15. The molecule has 2 atom stereocenters. The van der Waals surface area contributed by atoms with Crippen molar-refractivity contribution in [2.45, 2.75) is 19.1 Å². The molecule has 1 saturated heterocycles. The van der Waals surface area contributed by atoms with E-state index in [4.69, 9.17) is 14.7 Å². The number of hydrogen-bond donors (Lipinski definition) is 2. The Kier molecular flexibility index (Phi) is 4.80. The summed E-state index contributed by atoms with van der Waals surface area (Å²) in [7, 11) is 0. The van der Waals surface area contributed by atoms with E-state index in [1.807, 2.05) is 30.3 Å². The number of hydrogen-bond acceptors (Lipinski definition) is 6. The van der Waals surface area contributed by atoms with Gasteiger partial charge in [-0.1, -0.05) is 30.3 Å². The summed E-state index contributed by atoms with van der Waals surface area (Å²) in [4.78, 5) is 11.7. The fraction of sp³-hybridized carbons (Fsp3) is 0.333. The third-order valence-corrected chi connectivity index (χ3v) is 3.07. The zero-order valence-electron chi connectivity index (χ0n) is 11.6. The average Bonchev–Trinajstić information content (AvgIpc) is 2.93. The number of rotatable bonds is 4. The molecule has 1 aromatic rings. The van der Waals surface area contributed by atoms with E-state index in [9.17, 15) is 9.90 Å². The SMILES string of the molecule is CCOC(=O)/C(C#N)=C1\N[C@H](CO)[C@@H](c2ccccc2)O1. The largest absolute Gasteiger partial charge is 0.468 e. The molecule has 1 heterocycles. The second kappa shape index (κ2) is 6.77. The van der Waals surface area contributed by atoms with Crippen molar-refractivity contribution in [1.29, 1.82) is 5.26 Å². The minimum Gasteiger partial charge on any atom is -0.468 e. The van der Waals surface area contributed by atoms with Crippen LogP contribution in [0, 0.1) is 11.3 Å². The molecule has 6 heteroatoms. The van der Waals surface area contributed by atoms with Gasteiger partial charge in [0.2, 0.25) is 5.88 Å². The molecule has 1 fully saturated rings. The highest BCUT2D eigenvalue weighted by Crippen LogP contribution is 2.31. The maximum absolute atomic E-state index is 11.7. The van der Waals surface area contributed by atoms with Gasteiger partial charge in [0.25, 0.3) is 0 Å². The number of carbonyl (C=O) groups excluding carboxylic acids is 1. The summed E-state index contributed by atoms with van der Waals surface area (Å²) in [6.45, 7) is 1.64. The zero-order valence-corrected chi connectivity index (χ0v) is 11.6. The number of nitrogens with zero attached hydrogens (tertiary/aromatic N) is 1. The highest BCUT2D eigenvalue weighted by Gasteiger charge is 2.35. The normalized spacial score (nSPS) is 22.7. The molecule has 6 nitrogen and oxygen atoms in total. The lowest BCUT2D eigenvalue weighted by atomic mass is 10.0. The fourth-order valence-electron chi connectivity index (χ4n) is 2.10. The van der Waals surface area contributed by atoms with Crippen LogP contribution in [0.15, 0.2) is 41.8 Å². The van der Waals surface area contributed by atoms with Crippen LogP contribution in [0.3, 0.4) is 0 Å². The number of benzene rings is 1. The highest BCUT2D eigenvalue weighted by molar-refractivity contribution is 5.93. The summed E-state index contributed by atoms with van der Waals surface area (Å²) in [5, 5.41) is 21.4. The molecule has 110 valence electrons. The van der Waals surface area contributed by atoms with Gasteiger partial charge in [-0.15, -0.1) is 0 Å². The van der Waals surface area contributed by atoms with Crippen molar-refractivity contribution in [3.63, 3.8) is 0 Å². The molecule has 0 radical (unpaired) electrons. The van der Waals surface area contributed by atoms with Gasteiger partial charge in [0.05, 0.1) is 19.3 Å². The van der Waals surface area contributed by atoms with Gasteiger partial charge in [0.15, 0.2) is 5.57 Å². The van der Waals surface area contributed by atoms with Crippen LogP contribution in [0.25, 0.3) is 0 Å². The van der Waals surface area contributed by atoms with Crippen LogP contribution in [0.5, 0.6) is 0 Å². The van der Waals surface area contributed by atoms with E-state index >= 15 is 0 Å². The first-order chi connectivity index (χ1) is 10.2. The lowest BCUT2D eigenvalue weighted by molar-refractivity contribution is -0.138. The van der Waals surface area contributed by atoms with E-state index in [1.54, 1.807) is 13.0 Å². The van der Waals surface area contributed by atoms with E-state index in [2.05, 4.69) is 5.32 Å². The molecule has 0 unspecified atom stereocenters. The summed E-state index contributed by atoms with van der Waals surface area (Å²) < 4.78 is 10.5. The van der Waals surface area contributed by atoms with Crippen LogP contribution < -0.4 is 5.32 Å². The molecule has 1 aliphatic heterocycles. The van der Waals surface area contributed by atoms with Crippen molar-refractivity contribution in [3.05, 3.63) is 47.4 Å². The Morgan fingerprint density at radius 2 is 2.19 bits per heavy atom. The number of esters is 1. The standard InChI is InChI=1S/C15H16N2O4/c1-2-20-15(19)11(8-16)14-17-12(9-18)13(21-14)10-6-4-3-5-7-10/h3-7,12-13,17-18H,2,9H2,1H3/b14-11+/t12-,13-/m1/s1. The van der Waals surface area contributed by atoms with Crippen molar-refractivity contribution in [1.82, 2.24) is 5.32 Å². The minimum absolute atomic E-state index is 0.0452. The van der Waals surface area contributed by atoms with Crippen LogP contribution in [0.2, 0.25) is 0 Å². The molecule has 0 spiro atoms. The first-order valence-electron chi connectivity index (χ1n) is 6.61. The summed E-state index contributed by atoms with van der Waals surface area (Å²) in [6.07, 6.45) is -0.469.